The minimum Gasteiger partial charge on any atom is -0.307 e. The molecule has 0 amide bonds. The average molecular weight is 542 g/mol. The Kier molecular flexibility index (Phi) is 3.88. The average Bonchev–Trinajstić information content (AvgIpc) is 3.70. The molecule has 1 nitrogen and oxygen atoms in total. The lowest BCUT2D eigenvalue weighted by Gasteiger charge is -2.18. The Bertz CT molecular complexity index is 2810. The van der Waals surface area contributed by atoms with Gasteiger partial charge in [0.1, 0.15) is 0 Å². The van der Waals surface area contributed by atoms with Crippen molar-refractivity contribution in [2.45, 2.75) is 0 Å². The van der Waals surface area contributed by atoms with E-state index in [0.29, 0.717) is 0 Å². The molecule has 0 aliphatic rings. The first kappa shape index (κ1) is 22.0. The Morgan fingerprint density at radius 2 is 0.791 bits per heavy atom. The molecule has 0 bridgehead atoms. The maximum Gasteiger partial charge on any atom is 0.0627 e. The van der Waals surface area contributed by atoms with Crippen LogP contribution in [-0.2, 0) is 0 Å². The topological polar surface area (TPSA) is 4.41 Å². The van der Waals surface area contributed by atoms with Crippen LogP contribution in [0.4, 0.5) is 0 Å². The zero-order valence-corrected chi connectivity index (χ0v) is 23.2. The summed E-state index contributed by atoms with van der Waals surface area (Å²) in [5.74, 6) is 0. The molecule has 0 saturated heterocycles. The summed E-state index contributed by atoms with van der Waals surface area (Å²) in [5.41, 5.74) is 9.23. The molecule has 0 atom stereocenters. The third-order valence-electron chi connectivity index (χ3n) is 9.97. The van der Waals surface area contributed by atoms with E-state index in [9.17, 15) is 0 Å². The second kappa shape index (κ2) is 7.59. The highest BCUT2D eigenvalue weighted by Crippen LogP contribution is 2.51. The highest BCUT2D eigenvalue weighted by atomic mass is 14.9. The van der Waals surface area contributed by atoms with E-state index in [1.165, 1.54) is 103 Å². The molecule has 0 unspecified atom stereocenters. The van der Waals surface area contributed by atoms with Gasteiger partial charge in [-0.25, -0.2) is 0 Å². The lowest BCUT2D eigenvalue weighted by Crippen LogP contribution is -1.90. The van der Waals surface area contributed by atoms with Gasteiger partial charge in [-0.2, -0.15) is 0 Å². The van der Waals surface area contributed by atoms with E-state index >= 15 is 0 Å². The van der Waals surface area contributed by atoms with Gasteiger partial charge in [-0.3, -0.25) is 0 Å². The lowest BCUT2D eigenvalue weighted by atomic mass is 9.85. The molecule has 8 aromatic carbocycles. The second-order valence-corrected chi connectivity index (χ2v) is 12.0. The van der Waals surface area contributed by atoms with Crippen molar-refractivity contribution in [3.63, 3.8) is 0 Å². The number of benzene rings is 8. The van der Waals surface area contributed by atoms with Gasteiger partial charge in [0.25, 0.3) is 0 Å². The highest BCUT2D eigenvalue weighted by molar-refractivity contribution is 6.39. The van der Waals surface area contributed by atoms with E-state index < -0.39 is 0 Å². The minimum absolute atomic E-state index is 1.25. The molecular formula is C42H23N. The van der Waals surface area contributed by atoms with Crippen molar-refractivity contribution in [3.05, 3.63) is 140 Å². The second-order valence-electron chi connectivity index (χ2n) is 12.0. The summed E-state index contributed by atoms with van der Waals surface area (Å²) in [7, 11) is 0. The van der Waals surface area contributed by atoms with Crippen LogP contribution in [0.15, 0.2) is 140 Å². The molecule has 43 heavy (non-hydrogen) atoms. The summed E-state index contributed by atoms with van der Waals surface area (Å²) in [4.78, 5) is 0. The molecule has 0 N–H and O–H groups in total. The van der Waals surface area contributed by atoms with Crippen LogP contribution >= 0.6 is 0 Å². The molecule has 0 spiro atoms. The van der Waals surface area contributed by atoms with Gasteiger partial charge in [0.15, 0.2) is 0 Å². The van der Waals surface area contributed by atoms with Crippen molar-refractivity contribution in [3.8, 4) is 22.3 Å². The van der Waals surface area contributed by atoms with E-state index in [2.05, 4.69) is 144 Å². The fourth-order valence-electron chi connectivity index (χ4n) is 8.37. The highest BCUT2D eigenvalue weighted by Gasteiger charge is 2.27. The predicted molar refractivity (Wildman–Crippen MR) is 184 cm³/mol. The summed E-state index contributed by atoms with van der Waals surface area (Å²) < 4.78 is 2.56. The lowest BCUT2D eigenvalue weighted by molar-refractivity contribution is 1.41. The Morgan fingerprint density at radius 3 is 1.47 bits per heavy atom. The van der Waals surface area contributed by atoms with Crippen LogP contribution in [0, 0.1) is 0 Å². The van der Waals surface area contributed by atoms with Gasteiger partial charge < -0.3 is 4.40 Å². The molecule has 3 aromatic heterocycles. The Morgan fingerprint density at radius 1 is 0.302 bits per heavy atom. The molecule has 0 radical (unpaired) electrons. The van der Waals surface area contributed by atoms with E-state index in [-0.39, 0.29) is 0 Å². The maximum absolute atomic E-state index is 2.56. The number of fused-ring (bicyclic) bond motifs is 7. The number of hydrogen-bond acceptors (Lipinski definition) is 0. The zero-order chi connectivity index (χ0) is 27.8. The third kappa shape index (κ3) is 2.56. The number of para-hydroxylation sites is 1. The van der Waals surface area contributed by atoms with Gasteiger partial charge in [-0.1, -0.05) is 121 Å². The van der Waals surface area contributed by atoms with Crippen molar-refractivity contribution in [1.29, 1.82) is 0 Å². The number of rotatable bonds is 2. The Labute approximate surface area is 246 Å². The third-order valence-corrected chi connectivity index (χ3v) is 9.97. The van der Waals surface area contributed by atoms with Crippen LogP contribution < -0.4 is 0 Å². The van der Waals surface area contributed by atoms with E-state index in [1.54, 1.807) is 0 Å². The van der Waals surface area contributed by atoms with E-state index in [4.69, 9.17) is 0 Å². The first-order valence-corrected chi connectivity index (χ1v) is 15.0. The SMILES string of the molecule is c1ccc(-c2c3ccccc3c(-c3cc4c5cccc6c7cc8ccccc8c8c(c3)c4n(c56)c78)c3ccccc23)cc1. The Balaban J connectivity index is 1.38. The summed E-state index contributed by atoms with van der Waals surface area (Å²) in [6, 6.07) is 51.9. The zero-order valence-electron chi connectivity index (χ0n) is 23.2. The normalized spacial score (nSPS) is 12.7. The standard InChI is InChI=1S/C42H23N/c1-2-11-24(12-3-1)37-28-15-6-8-17-30(28)38(31-18-9-7-16-29(31)37)26-22-34-32-19-10-20-33-35-21-25-13-4-5-14-27(25)39-36(23-26)41(34)43(40(32)33)42(35)39/h1-23H. The summed E-state index contributed by atoms with van der Waals surface area (Å²) in [6.45, 7) is 0. The quantitative estimate of drug-likeness (QED) is 0.192. The molecule has 0 saturated carbocycles. The summed E-state index contributed by atoms with van der Waals surface area (Å²) >= 11 is 0. The van der Waals surface area contributed by atoms with E-state index in [1.807, 2.05) is 0 Å². The van der Waals surface area contributed by atoms with Gasteiger partial charge in [-0.05, 0) is 72.8 Å². The molecule has 0 fully saturated rings. The predicted octanol–water partition coefficient (Wildman–Crippen LogP) is 11.7. The fourth-order valence-corrected chi connectivity index (χ4v) is 8.37. The van der Waals surface area contributed by atoms with Gasteiger partial charge in [0.2, 0.25) is 0 Å². The number of nitrogens with zero attached hydrogens (tertiary/aromatic N) is 1. The molecule has 196 valence electrons. The fraction of sp³-hybridized carbons (Fsp3) is 0. The first-order valence-electron chi connectivity index (χ1n) is 15.0. The molecule has 0 aliphatic heterocycles. The van der Waals surface area contributed by atoms with Crippen LogP contribution in [0.2, 0.25) is 0 Å². The molecule has 11 rings (SSSR count). The van der Waals surface area contributed by atoms with Crippen molar-refractivity contribution in [2.24, 2.45) is 0 Å². The van der Waals surface area contributed by atoms with Crippen LogP contribution in [-0.4, -0.2) is 4.40 Å². The number of hydrogen-bond donors (Lipinski definition) is 0. The van der Waals surface area contributed by atoms with Crippen LogP contribution in [0.5, 0.6) is 0 Å². The monoisotopic (exact) mass is 541 g/mol. The van der Waals surface area contributed by atoms with Gasteiger partial charge in [0.05, 0.1) is 16.6 Å². The smallest absolute Gasteiger partial charge is 0.0627 e. The van der Waals surface area contributed by atoms with Crippen molar-refractivity contribution in [2.75, 3.05) is 0 Å². The van der Waals surface area contributed by atoms with Gasteiger partial charge in [-0.15, -0.1) is 0 Å². The van der Waals surface area contributed by atoms with Crippen LogP contribution in [0.3, 0.4) is 0 Å². The molecular weight excluding hydrogens is 518 g/mol. The van der Waals surface area contributed by atoms with Gasteiger partial charge in [0, 0.05) is 32.3 Å². The van der Waals surface area contributed by atoms with Crippen LogP contribution in [0.1, 0.15) is 0 Å². The van der Waals surface area contributed by atoms with Crippen molar-refractivity contribution >= 4 is 81.2 Å². The maximum atomic E-state index is 2.56. The largest absolute Gasteiger partial charge is 0.307 e. The summed E-state index contributed by atoms with van der Waals surface area (Å²) in [5, 5.41) is 15.9. The van der Waals surface area contributed by atoms with Gasteiger partial charge >= 0.3 is 0 Å². The number of aromatic nitrogens is 1. The van der Waals surface area contributed by atoms with Crippen molar-refractivity contribution in [1.82, 2.24) is 4.40 Å². The molecule has 3 heterocycles. The molecule has 0 aliphatic carbocycles. The molecule has 11 aromatic rings. The molecule has 1 heteroatoms. The first-order chi connectivity index (χ1) is 21.4. The van der Waals surface area contributed by atoms with Crippen molar-refractivity contribution < 1.29 is 0 Å². The Hall–Kier alpha value is -5.66. The van der Waals surface area contributed by atoms with Crippen LogP contribution in [0.25, 0.3) is 103 Å². The summed E-state index contributed by atoms with van der Waals surface area (Å²) in [6.07, 6.45) is 0. The minimum atomic E-state index is 1.25. The van der Waals surface area contributed by atoms with E-state index in [0.717, 1.165) is 0 Å².